The van der Waals surface area contributed by atoms with Crippen LogP contribution in [0.2, 0.25) is 0 Å². The van der Waals surface area contributed by atoms with Crippen LogP contribution in [-0.2, 0) is 14.3 Å². The normalized spacial score (nSPS) is 12.9. The van der Waals surface area contributed by atoms with Crippen LogP contribution in [0.15, 0.2) is 48.6 Å². The smallest absolute Gasteiger partial charge is 0.305 e. The molecule has 0 aliphatic heterocycles. The lowest BCUT2D eigenvalue weighted by molar-refractivity contribution is -0.143. The van der Waals surface area contributed by atoms with E-state index in [9.17, 15) is 19.8 Å². The highest BCUT2D eigenvalue weighted by atomic mass is 16.5. The molecule has 0 radical (unpaired) electrons. The summed E-state index contributed by atoms with van der Waals surface area (Å²) in [5.41, 5.74) is 0. The second kappa shape index (κ2) is 64.3. The molecule has 0 rings (SSSR count). The van der Waals surface area contributed by atoms with E-state index < -0.39 is 12.1 Å². The average molecular weight is 1050 g/mol. The van der Waals surface area contributed by atoms with Gasteiger partial charge in [0.15, 0.2) is 0 Å². The number of nitrogens with one attached hydrogen (secondary N) is 1. The molecule has 0 aliphatic rings. The van der Waals surface area contributed by atoms with E-state index >= 15 is 0 Å². The summed E-state index contributed by atoms with van der Waals surface area (Å²) < 4.78 is 5.49. The zero-order valence-electron chi connectivity index (χ0n) is 50.3. The number of rotatable bonds is 62. The third kappa shape index (κ3) is 60.9. The van der Waals surface area contributed by atoms with Crippen LogP contribution in [0.25, 0.3) is 0 Å². The lowest BCUT2D eigenvalue weighted by atomic mass is 10.0. The largest absolute Gasteiger partial charge is 0.466 e. The number of allylic oxidation sites excluding steroid dienone is 7. The summed E-state index contributed by atoms with van der Waals surface area (Å²) in [6, 6.07) is -0.626. The Kier molecular flexibility index (Phi) is 62.5. The molecule has 2 unspecified atom stereocenters. The van der Waals surface area contributed by atoms with Crippen molar-refractivity contribution in [3.8, 4) is 0 Å². The van der Waals surface area contributed by atoms with Gasteiger partial charge in [0.2, 0.25) is 5.91 Å². The van der Waals surface area contributed by atoms with Gasteiger partial charge in [-0.15, -0.1) is 0 Å². The van der Waals surface area contributed by atoms with Crippen molar-refractivity contribution in [2.75, 3.05) is 13.2 Å². The molecule has 0 saturated carbocycles. The topological polar surface area (TPSA) is 95.9 Å². The van der Waals surface area contributed by atoms with Crippen molar-refractivity contribution in [1.82, 2.24) is 5.32 Å². The highest BCUT2D eigenvalue weighted by Crippen LogP contribution is 2.17. The Morgan fingerprint density at radius 3 is 1.04 bits per heavy atom. The van der Waals surface area contributed by atoms with Crippen molar-refractivity contribution in [2.24, 2.45) is 0 Å². The van der Waals surface area contributed by atoms with Crippen LogP contribution >= 0.6 is 0 Å². The van der Waals surface area contributed by atoms with Gasteiger partial charge in [-0.1, -0.05) is 300 Å². The first kappa shape index (κ1) is 72.8. The maximum absolute atomic E-state index is 12.4. The van der Waals surface area contributed by atoms with Crippen LogP contribution in [0.5, 0.6) is 0 Å². The molecule has 0 aliphatic carbocycles. The first-order valence-corrected chi connectivity index (χ1v) is 33.4. The third-order valence-electron chi connectivity index (χ3n) is 15.3. The molecule has 0 aromatic rings. The van der Waals surface area contributed by atoms with E-state index in [1.54, 1.807) is 6.08 Å². The van der Waals surface area contributed by atoms with Crippen molar-refractivity contribution in [2.45, 2.75) is 366 Å². The second-order valence-corrected chi connectivity index (χ2v) is 22.8. The number of ether oxygens (including phenoxy) is 1. The maximum atomic E-state index is 12.4. The summed E-state index contributed by atoms with van der Waals surface area (Å²) in [6.07, 6.45) is 83.2. The van der Waals surface area contributed by atoms with E-state index in [-0.39, 0.29) is 18.5 Å². The van der Waals surface area contributed by atoms with Crippen molar-refractivity contribution >= 4 is 11.9 Å². The van der Waals surface area contributed by atoms with Crippen LogP contribution in [-0.4, -0.2) is 47.4 Å². The van der Waals surface area contributed by atoms with E-state index in [1.165, 1.54) is 276 Å². The van der Waals surface area contributed by atoms with Crippen LogP contribution in [0, 0.1) is 0 Å². The fourth-order valence-electron chi connectivity index (χ4n) is 10.2. The van der Waals surface area contributed by atoms with Gasteiger partial charge in [0, 0.05) is 12.8 Å². The minimum atomic E-state index is -0.843. The van der Waals surface area contributed by atoms with Gasteiger partial charge < -0.3 is 20.3 Å². The van der Waals surface area contributed by atoms with E-state index in [0.29, 0.717) is 19.4 Å². The van der Waals surface area contributed by atoms with Crippen molar-refractivity contribution in [1.29, 1.82) is 0 Å². The fraction of sp³-hybridized carbons (Fsp3) is 0.855. The van der Waals surface area contributed by atoms with Crippen molar-refractivity contribution in [3.63, 3.8) is 0 Å². The monoisotopic (exact) mass is 1050 g/mol. The molecule has 440 valence electrons. The number of hydrogen-bond acceptors (Lipinski definition) is 5. The molecule has 0 bridgehead atoms. The van der Waals surface area contributed by atoms with Crippen LogP contribution in [0.4, 0.5) is 0 Å². The molecule has 3 N–H and O–H groups in total. The van der Waals surface area contributed by atoms with Gasteiger partial charge in [0.1, 0.15) is 0 Å². The Bertz CT molecular complexity index is 1260. The Balaban J connectivity index is 3.37. The number of amides is 1. The summed E-state index contributed by atoms with van der Waals surface area (Å²) in [6.45, 7) is 4.89. The van der Waals surface area contributed by atoms with Crippen LogP contribution in [0.1, 0.15) is 354 Å². The highest BCUT2D eigenvalue weighted by Gasteiger charge is 2.18. The van der Waals surface area contributed by atoms with Gasteiger partial charge in [-0.3, -0.25) is 9.59 Å². The first-order valence-electron chi connectivity index (χ1n) is 33.4. The molecule has 0 heterocycles. The molecule has 0 aromatic heterocycles. The van der Waals surface area contributed by atoms with E-state index in [4.69, 9.17) is 4.74 Å². The van der Waals surface area contributed by atoms with Crippen LogP contribution < -0.4 is 5.32 Å². The minimum Gasteiger partial charge on any atom is -0.466 e. The molecule has 0 spiro atoms. The highest BCUT2D eigenvalue weighted by molar-refractivity contribution is 5.76. The number of hydrogen-bond donors (Lipinski definition) is 3. The van der Waals surface area contributed by atoms with E-state index in [0.717, 1.165) is 51.4 Å². The SMILES string of the molecule is CCCCCC/C=C\C/C=C\CCCCCCCC(=O)OCCCCCCCCCCCCCC/C=C\CCCCCCCCCCCCCCCCC(=O)NC(CO)C(O)/C=C/CCCCCCCCCCCC. The third-order valence-corrected chi connectivity index (χ3v) is 15.3. The number of esters is 1. The molecule has 0 aromatic carbocycles. The maximum Gasteiger partial charge on any atom is 0.305 e. The average Bonchev–Trinajstić information content (AvgIpc) is 3.41. The Labute approximate surface area is 467 Å². The minimum absolute atomic E-state index is 0.00314. The summed E-state index contributed by atoms with van der Waals surface area (Å²) in [7, 11) is 0. The molecule has 0 saturated heterocycles. The lowest BCUT2D eigenvalue weighted by Crippen LogP contribution is -2.45. The van der Waals surface area contributed by atoms with E-state index in [2.05, 4.69) is 55.6 Å². The lowest BCUT2D eigenvalue weighted by Gasteiger charge is -2.20. The predicted molar refractivity (Wildman–Crippen MR) is 329 cm³/mol. The van der Waals surface area contributed by atoms with Gasteiger partial charge in [-0.25, -0.2) is 0 Å². The molecule has 6 heteroatoms. The number of aliphatic hydroxyl groups is 2. The van der Waals surface area contributed by atoms with Crippen molar-refractivity contribution in [3.05, 3.63) is 48.6 Å². The number of aliphatic hydroxyl groups excluding tert-OH is 2. The zero-order valence-corrected chi connectivity index (χ0v) is 50.3. The van der Waals surface area contributed by atoms with Crippen LogP contribution in [0.3, 0.4) is 0 Å². The van der Waals surface area contributed by atoms with Crippen molar-refractivity contribution < 1.29 is 24.5 Å². The van der Waals surface area contributed by atoms with Gasteiger partial charge in [-0.2, -0.15) is 0 Å². The standard InChI is InChI=1S/C69H129NO5/c1-3-5-7-9-11-13-15-17-18-36-39-43-47-51-55-59-63-69(74)75-64-60-56-52-48-44-40-37-34-32-30-28-26-24-22-20-19-21-23-25-27-29-31-33-35-38-42-46-50-54-58-62-68(73)70-66(65-71)67(72)61-57-53-49-45-41-16-14-12-10-8-6-4-2/h13,15,18,20,22,36,57,61,66-67,71-72H,3-12,14,16-17,19,21,23-35,37-56,58-60,62-65H2,1-2H3,(H,70,73)/b15-13-,22-20-,36-18-,61-57+. The fourth-order valence-corrected chi connectivity index (χ4v) is 10.2. The zero-order chi connectivity index (χ0) is 54.3. The van der Waals surface area contributed by atoms with Gasteiger partial charge in [0.05, 0.1) is 25.4 Å². The summed E-state index contributed by atoms with van der Waals surface area (Å²) in [5.74, 6) is -0.0635. The molecule has 75 heavy (non-hydrogen) atoms. The summed E-state index contributed by atoms with van der Waals surface area (Å²) >= 11 is 0. The summed E-state index contributed by atoms with van der Waals surface area (Å²) in [5, 5.41) is 23.1. The van der Waals surface area contributed by atoms with Gasteiger partial charge in [0.25, 0.3) is 0 Å². The quantitative estimate of drug-likeness (QED) is 0.0320. The van der Waals surface area contributed by atoms with E-state index in [1.807, 2.05) is 6.08 Å². The molecule has 1 amide bonds. The molecule has 0 fully saturated rings. The summed E-state index contributed by atoms with van der Waals surface area (Å²) in [4.78, 5) is 24.5. The number of carbonyl (C=O) groups is 2. The Hall–Kier alpha value is -2.18. The number of carbonyl (C=O) groups excluding carboxylic acids is 2. The first-order chi connectivity index (χ1) is 37.0. The Morgan fingerprint density at radius 1 is 0.373 bits per heavy atom. The molecular weight excluding hydrogens is 923 g/mol. The second-order valence-electron chi connectivity index (χ2n) is 22.8. The predicted octanol–water partition coefficient (Wildman–Crippen LogP) is 21.3. The van der Waals surface area contributed by atoms with Gasteiger partial charge in [-0.05, 0) is 89.9 Å². The molecule has 6 nitrogen and oxygen atoms in total. The number of unbranched alkanes of at least 4 members (excludes halogenated alkanes) is 45. The Morgan fingerprint density at radius 2 is 0.667 bits per heavy atom. The molecule has 2 atom stereocenters. The van der Waals surface area contributed by atoms with Gasteiger partial charge >= 0.3 is 5.97 Å². The molecular formula is C69H129NO5.